The lowest BCUT2D eigenvalue weighted by atomic mass is 10.0. The second kappa shape index (κ2) is 6.89. The van der Waals surface area contributed by atoms with Gasteiger partial charge in [-0.2, -0.15) is 9.30 Å². The molecule has 1 aromatic carbocycles. The average Bonchev–Trinajstić information content (AvgIpc) is 2.90. The van der Waals surface area contributed by atoms with Gasteiger partial charge in [0.2, 0.25) is 10.0 Å². The van der Waals surface area contributed by atoms with Crippen LogP contribution in [0.4, 0.5) is 0 Å². The van der Waals surface area contributed by atoms with E-state index in [1.807, 2.05) is 29.8 Å². The first-order valence-electron chi connectivity index (χ1n) is 8.01. The van der Waals surface area contributed by atoms with Gasteiger partial charge in [0, 0.05) is 13.6 Å². The lowest BCUT2D eigenvalue weighted by molar-refractivity contribution is -0.122. The molecule has 1 aromatic heterocycles. The number of hydrogen-bond donors (Lipinski definition) is 0. The molecule has 0 N–H and O–H groups in total. The fraction of sp³-hybridized carbons (Fsp3) is 0.500. The van der Waals surface area contributed by atoms with Crippen LogP contribution in [0.1, 0.15) is 19.3 Å². The SMILES string of the molecule is COc1cccc2sc(=NC(=O)C3CCCCN3S(C)(=O)=O)n(C)c12. The van der Waals surface area contributed by atoms with Gasteiger partial charge >= 0.3 is 0 Å². The zero-order chi connectivity index (χ0) is 18.2. The van der Waals surface area contributed by atoms with E-state index in [4.69, 9.17) is 4.74 Å². The maximum atomic E-state index is 12.7. The van der Waals surface area contributed by atoms with Crippen LogP contribution >= 0.6 is 11.3 Å². The Morgan fingerprint density at radius 2 is 2.12 bits per heavy atom. The van der Waals surface area contributed by atoms with Crippen LogP contribution in [0.25, 0.3) is 10.2 Å². The van der Waals surface area contributed by atoms with Gasteiger partial charge < -0.3 is 9.30 Å². The van der Waals surface area contributed by atoms with E-state index in [2.05, 4.69) is 4.99 Å². The third kappa shape index (κ3) is 3.49. The summed E-state index contributed by atoms with van der Waals surface area (Å²) in [5, 5.41) is 0. The average molecular weight is 383 g/mol. The minimum atomic E-state index is -3.43. The van der Waals surface area contributed by atoms with E-state index in [1.165, 1.54) is 15.6 Å². The first-order valence-corrected chi connectivity index (χ1v) is 10.7. The van der Waals surface area contributed by atoms with Crippen molar-refractivity contribution in [3.05, 3.63) is 23.0 Å². The molecule has 9 heteroatoms. The molecule has 2 heterocycles. The van der Waals surface area contributed by atoms with Crippen molar-refractivity contribution in [1.29, 1.82) is 0 Å². The molecule has 1 amide bonds. The summed E-state index contributed by atoms with van der Waals surface area (Å²) >= 11 is 1.38. The van der Waals surface area contributed by atoms with Gasteiger partial charge in [-0.15, -0.1) is 0 Å². The third-order valence-corrected chi connectivity index (χ3v) is 6.76. The summed E-state index contributed by atoms with van der Waals surface area (Å²) < 4.78 is 33.3. The number of ether oxygens (including phenoxy) is 1. The van der Waals surface area contributed by atoms with Crippen LogP contribution in [0, 0.1) is 0 Å². The van der Waals surface area contributed by atoms with Gasteiger partial charge in [-0.3, -0.25) is 4.79 Å². The van der Waals surface area contributed by atoms with Gasteiger partial charge in [0.05, 0.1) is 18.1 Å². The number of benzene rings is 1. The van der Waals surface area contributed by atoms with Crippen LogP contribution in [0.3, 0.4) is 0 Å². The number of aromatic nitrogens is 1. The minimum absolute atomic E-state index is 0.372. The van der Waals surface area contributed by atoms with E-state index in [0.29, 0.717) is 23.5 Å². The molecule has 0 spiro atoms. The summed E-state index contributed by atoms with van der Waals surface area (Å²) in [5.41, 5.74) is 0.866. The highest BCUT2D eigenvalue weighted by molar-refractivity contribution is 7.88. The Morgan fingerprint density at radius 3 is 2.80 bits per heavy atom. The summed E-state index contributed by atoms with van der Waals surface area (Å²) in [6, 6.07) is 4.97. The summed E-state index contributed by atoms with van der Waals surface area (Å²) in [5.74, 6) is 0.298. The predicted octanol–water partition coefficient (Wildman–Crippen LogP) is 1.49. The molecule has 3 rings (SSSR count). The Hall–Kier alpha value is -1.71. The van der Waals surface area contributed by atoms with Crippen molar-refractivity contribution in [3.63, 3.8) is 0 Å². The first-order chi connectivity index (χ1) is 11.8. The Labute approximate surface area is 150 Å². The third-order valence-electron chi connectivity index (χ3n) is 4.38. The van der Waals surface area contributed by atoms with Crippen molar-refractivity contribution in [3.8, 4) is 5.75 Å². The fourth-order valence-corrected chi connectivity index (χ4v) is 5.32. The molecule has 1 saturated heterocycles. The van der Waals surface area contributed by atoms with Crippen molar-refractivity contribution in [1.82, 2.24) is 8.87 Å². The second-order valence-corrected chi connectivity index (χ2v) is 9.03. The first kappa shape index (κ1) is 18.1. The van der Waals surface area contributed by atoms with E-state index >= 15 is 0 Å². The molecule has 2 aromatic rings. The lowest BCUT2D eigenvalue weighted by Crippen LogP contribution is -2.47. The van der Waals surface area contributed by atoms with E-state index in [9.17, 15) is 13.2 Å². The summed E-state index contributed by atoms with van der Waals surface area (Å²) in [6.07, 6.45) is 3.24. The molecule has 136 valence electrons. The molecule has 1 fully saturated rings. The number of aryl methyl sites for hydroxylation is 1. The van der Waals surface area contributed by atoms with Gasteiger partial charge in [-0.1, -0.05) is 23.8 Å². The Balaban J connectivity index is 2.04. The molecule has 1 aliphatic heterocycles. The highest BCUT2D eigenvalue weighted by atomic mass is 32.2. The molecule has 1 aliphatic rings. The van der Waals surface area contributed by atoms with E-state index in [0.717, 1.165) is 29.3 Å². The van der Waals surface area contributed by atoms with Crippen LogP contribution in [0.2, 0.25) is 0 Å². The number of carbonyl (C=O) groups is 1. The summed E-state index contributed by atoms with van der Waals surface area (Å²) in [7, 11) is -0.00894. The monoisotopic (exact) mass is 383 g/mol. The molecule has 0 aliphatic carbocycles. The number of thiazole rings is 1. The van der Waals surface area contributed by atoms with Crippen LogP contribution < -0.4 is 9.54 Å². The number of para-hydroxylation sites is 1. The van der Waals surface area contributed by atoms with Gasteiger partial charge in [-0.05, 0) is 25.0 Å². The number of amides is 1. The van der Waals surface area contributed by atoms with Crippen LogP contribution in [-0.4, -0.2) is 49.1 Å². The largest absolute Gasteiger partial charge is 0.495 e. The van der Waals surface area contributed by atoms with Crippen molar-refractivity contribution in [2.75, 3.05) is 19.9 Å². The van der Waals surface area contributed by atoms with Crippen LogP contribution in [0.15, 0.2) is 23.2 Å². The van der Waals surface area contributed by atoms with E-state index < -0.39 is 22.0 Å². The number of nitrogens with zero attached hydrogens (tertiary/aromatic N) is 3. The fourth-order valence-electron chi connectivity index (χ4n) is 3.16. The van der Waals surface area contributed by atoms with Gasteiger partial charge in [0.15, 0.2) is 4.80 Å². The van der Waals surface area contributed by atoms with Crippen LogP contribution in [0.5, 0.6) is 5.75 Å². The maximum Gasteiger partial charge on any atom is 0.266 e. The van der Waals surface area contributed by atoms with Crippen molar-refractivity contribution in [2.45, 2.75) is 25.3 Å². The highest BCUT2D eigenvalue weighted by Crippen LogP contribution is 2.26. The zero-order valence-corrected chi connectivity index (χ0v) is 16.1. The summed E-state index contributed by atoms with van der Waals surface area (Å²) in [6.45, 7) is 0.372. The molecule has 25 heavy (non-hydrogen) atoms. The molecular formula is C16H21N3O4S2. The number of methoxy groups -OCH3 is 1. The summed E-state index contributed by atoms with van der Waals surface area (Å²) in [4.78, 5) is 17.5. The predicted molar refractivity (Wildman–Crippen MR) is 97.1 cm³/mol. The minimum Gasteiger partial charge on any atom is -0.495 e. The quantitative estimate of drug-likeness (QED) is 0.804. The maximum absolute atomic E-state index is 12.7. The number of fused-ring (bicyclic) bond motifs is 1. The van der Waals surface area contributed by atoms with Crippen molar-refractivity contribution >= 4 is 37.5 Å². The van der Waals surface area contributed by atoms with Crippen molar-refractivity contribution < 1.29 is 17.9 Å². The molecule has 7 nitrogen and oxygen atoms in total. The molecule has 0 radical (unpaired) electrons. The Morgan fingerprint density at radius 1 is 1.36 bits per heavy atom. The Kier molecular flexibility index (Phi) is 4.99. The lowest BCUT2D eigenvalue weighted by Gasteiger charge is -2.31. The molecule has 1 atom stereocenters. The number of sulfonamides is 1. The molecular weight excluding hydrogens is 362 g/mol. The van der Waals surface area contributed by atoms with Crippen molar-refractivity contribution in [2.24, 2.45) is 12.0 Å². The Bertz CT molecular complexity index is 975. The smallest absolute Gasteiger partial charge is 0.266 e. The zero-order valence-electron chi connectivity index (χ0n) is 14.4. The molecule has 0 saturated carbocycles. The van der Waals surface area contributed by atoms with Gasteiger partial charge in [0.1, 0.15) is 17.3 Å². The van der Waals surface area contributed by atoms with Gasteiger partial charge in [0.25, 0.3) is 5.91 Å². The standard InChI is InChI=1S/C16H21N3O4S2/c1-18-14-12(23-2)8-6-9-13(14)24-16(18)17-15(20)11-7-4-5-10-19(11)25(3,21)22/h6,8-9,11H,4-5,7,10H2,1-3H3. The molecule has 0 bridgehead atoms. The highest BCUT2D eigenvalue weighted by Gasteiger charge is 2.34. The second-order valence-electron chi connectivity index (χ2n) is 6.09. The van der Waals surface area contributed by atoms with Gasteiger partial charge in [-0.25, -0.2) is 8.42 Å². The topological polar surface area (TPSA) is 81.0 Å². The van der Waals surface area contributed by atoms with Crippen LogP contribution in [-0.2, 0) is 21.9 Å². The normalized spacial score (nSPS) is 20.1. The number of rotatable bonds is 3. The van der Waals surface area contributed by atoms with E-state index in [1.54, 1.807) is 7.11 Å². The number of carbonyl (C=O) groups excluding carboxylic acids is 1. The number of hydrogen-bond acceptors (Lipinski definition) is 5. The van der Waals surface area contributed by atoms with E-state index in [-0.39, 0.29) is 0 Å². The molecule has 1 unspecified atom stereocenters. The number of piperidine rings is 1.